The van der Waals surface area contributed by atoms with Crippen LogP contribution >= 0.6 is 13.6 Å². The maximum atomic E-state index is 10.7. The van der Waals surface area contributed by atoms with Crippen molar-refractivity contribution in [2.45, 2.75) is 12.8 Å². The van der Waals surface area contributed by atoms with Crippen molar-refractivity contribution in [2.75, 3.05) is 0 Å². The Hall–Kier alpha value is 0.963. The van der Waals surface area contributed by atoms with Gasteiger partial charge >= 0.3 is 30.0 Å². The van der Waals surface area contributed by atoms with E-state index in [1.165, 1.54) is 16.3 Å². The van der Waals surface area contributed by atoms with E-state index in [1.807, 2.05) is 0 Å². The van der Waals surface area contributed by atoms with Gasteiger partial charge in [0.1, 0.15) is 0 Å². The van der Waals surface area contributed by atoms with Gasteiger partial charge in [-0.15, -0.1) is 6.42 Å². The third-order valence-electron chi connectivity index (χ3n) is 0.218. The molecule has 7 heavy (non-hydrogen) atoms. The Morgan fingerprint density at radius 1 is 1.57 bits per heavy atom. The molecular weight excluding hydrogens is 219 g/mol. The summed E-state index contributed by atoms with van der Waals surface area (Å²) in [6.45, 7) is 2.94. The SMILES string of the molecule is [CH2-]CC(F)F.[Zn+][Br]. The molecule has 0 heterocycles. The Bertz CT molecular complexity index is 26.9. The minimum absolute atomic E-state index is 0.278. The molecule has 0 aromatic rings. The van der Waals surface area contributed by atoms with Crippen molar-refractivity contribution in [3.8, 4) is 0 Å². The van der Waals surface area contributed by atoms with Crippen LogP contribution in [0.3, 0.4) is 0 Å². The second kappa shape index (κ2) is 10.1. The molecule has 0 nitrogen and oxygen atoms in total. The van der Waals surface area contributed by atoms with Crippen LogP contribution in [-0.4, -0.2) is 6.43 Å². The second-order valence-electron chi connectivity index (χ2n) is 0.680. The molecule has 0 saturated carbocycles. The van der Waals surface area contributed by atoms with Crippen LogP contribution < -0.4 is 0 Å². The van der Waals surface area contributed by atoms with Crippen LogP contribution in [0.2, 0.25) is 0 Å². The minimum atomic E-state index is -2.23. The summed E-state index contributed by atoms with van der Waals surface area (Å²) in [5.74, 6) is 0. The molecule has 0 atom stereocenters. The molecule has 0 radical (unpaired) electrons. The predicted molar refractivity (Wildman–Crippen MR) is 24.9 cm³/mol. The average molecular weight is 224 g/mol. The molecule has 0 rings (SSSR count). The van der Waals surface area contributed by atoms with Gasteiger partial charge in [0.2, 0.25) is 6.43 Å². The van der Waals surface area contributed by atoms with Crippen molar-refractivity contribution in [1.29, 1.82) is 0 Å². The Morgan fingerprint density at radius 3 is 1.71 bits per heavy atom. The number of alkyl halides is 2. The van der Waals surface area contributed by atoms with Gasteiger partial charge < -0.3 is 6.92 Å². The molecule has 0 N–H and O–H groups in total. The Labute approximate surface area is 58.7 Å². The van der Waals surface area contributed by atoms with Crippen LogP contribution in [0.1, 0.15) is 6.42 Å². The molecule has 4 heteroatoms. The van der Waals surface area contributed by atoms with Gasteiger partial charge in [0.15, 0.2) is 0 Å². The van der Waals surface area contributed by atoms with Crippen molar-refractivity contribution < 1.29 is 25.1 Å². The molecule has 0 bridgehead atoms. The van der Waals surface area contributed by atoms with Crippen LogP contribution in [0.4, 0.5) is 8.78 Å². The third kappa shape index (κ3) is 19.5. The molecule has 40 valence electrons. The van der Waals surface area contributed by atoms with Gasteiger partial charge in [-0.1, -0.05) is 0 Å². The van der Waals surface area contributed by atoms with E-state index in [-0.39, 0.29) is 6.42 Å². The standard InChI is InChI=1S/C3H5F2.BrH.Zn/c1-2-3(4)5;;/h3H,1-2H2;1H;/q-1;;+2/p-1. The van der Waals surface area contributed by atoms with Crippen molar-refractivity contribution in [3.63, 3.8) is 0 Å². The molecule has 0 unspecified atom stereocenters. The summed E-state index contributed by atoms with van der Waals surface area (Å²) < 4.78 is 21.4. The van der Waals surface area contributed by atoms with E-state index >= 15 is 0 Å². The number of rotatable bonds is 1. The first-order valence-electron chi connectivity index (χ1n) is 1.61. The molecule has 0 amide bonds. The molecule has 0 saturated heterocycles. The zero-order valence-corrected chi connectivity index (χ0v) is 8.39. The normalized spacial score (nSPS) is 7.86. The number of halogens is 3. The number of hydrogen-bond acceptors (Lipinski definition) is 0. The van der Waals surface area contributed by atoms with Gasteiger partial charge in [-0.25, -0.2) is 8.78 Å². The van der Waals surface area contributed by atoms with E-state index in [0.717, 1.165) is 0 Å². The first kappa shape index (κ1) is 10.9. The molecule has 0 aliphatic carbocycles. The van der Waals surface area contributed by atoms with E-state index in [0.29, 0.717) is 0 Å². The van der Waals surface area contributed by atoms with Crippen LogP contribution in [-0.2, 0) is 16.3 Å². The van der Waals surface area contributed by atoms with E-state index < -0.39 is 6.43 Å². The quantitative estimate of drug-likeness (QED) is 0.474. The van der Waals surface area contributed by atoms with Crippen molar-refractivity contribution in [3.05, 3.63) is 6.92 Å². The van der Waals surface area contributed by atoms with E-state index in [1.54, 1.807) is 0 Å². The van der Waals surface area contributed by atoms with Crippen LogP contribution in [0, 0.1) is 6.92 Å². The molecule has 0 aliphatic rings. The van der Waals surface area contributed by atoms with Gasteiger partial charge in [-0.2, -0.15) is 0 Å². The fraction of sp³-hybridized carbons (Fsp3) is 0.667. The van der Waals surface area contributed by atoms with Gasteiger partial charge in [0.05, 0.1) is 0 Å². The van der Waals surface area contributed by atoms with E-state index in [2.05, 4.69) is 20.5 Å². The van der Waals surface area contributed by atoms with Crippen molar-refractivity contribution in [1.82, 2.24) is 0 Å². The fourth-order valence-electron chi connectivity index (χ4n) is 0. The second-order valence-corrected chi connectivity index (χ2v) is 0.680. The Morgan fingerprint density at radius 2 is 1.71 bits per heavy atom. The van der Waals surface area contributed by atoms with Crippen LogP contribution in [0.25, 0.3) is 0 Å². The van der Waals surface area contributed by atoms with Crippen molar-refractivity contribution in [2.24, 2.45) is 0 Å². The summed E-state index contributed by atoms with van der Waals surface area (Å²) in [5.41, 5.74) is 0. The van der Waals surface area contributed by atoms with Crippen molar-refractivity contribution >= 4 is 13.6 Å². The van der Waals surface area contributed by atoms with E-state index in [9.17, 15) is 8.78 Å². The predicted octanol–water partition coefficient (Wildman–Crippen LogP) is 2.32. The Balaban J connectivity index is 0. The summed E-state index contributed by atoms with van der Waals surface area (Å²) in [7, 11) is 0. The summed E-state index contributed by atoms with van der Waals surface area (Å²) in [6.07, 6.45) is -2.50. The van der Waals surface area contributed by atoms with Crippen LogP contribution in [0.15, 0.2) is 0 Å². The number of hydrogen-bond donors (Lipinski definition) is 0. The first-order chi connectivity index (χ1) is 3.27. The topological polar surface area (TPSA) is 0 Å². The monoisotopic (exact) mass is 222 g/mol. The Kier molecular flexibility index (Phi) is 15.6. The third-order valence-corrected chi connectivity index (χ3v) is 0.218. The van der Waals surface area contributed by atoms with Gasteiger partial charge in [0.25, 0.3) is 0 Å². The summed E-state index contributed by atoms with van der Waals surface area (Å²) in [5, 5.41) is 0. The van der Waals surface area contributed by atoms with Gasteiger partial charge in [-0.3, -0.25) is 0 Å². The summed E-state index contributed by atoms with van der Waals surface area (Å²) >= 11 is 4.25. The van der Waals surface area contributed by atoms with E-state index in [4.69, 9.17) is 0 Å². The van der Waals surface area contributed by atoms with Gasteiger partial charge in [0, 0.05) is 0 Å². The average Bonchev–Trinajstić information content (AvgIpc) is 1.73. The molecule has 0 fully saturated rings. The molecule has 0 aliphatic heterocycles. The molecular formula is C3H5BrF2Zn. The zero-order valence-electron chi connectivity index (χ0n) is 3.83. The fourth-order valence-corrected chi connectivity index (χ4v) is 0. The zero-order chi connectivity index (χ0) is 6.28. The maximum absolute atomic E-state index is 10.7. The first-order valence-corrected chi connectivity index (χ1v) is 8.56. The summed E-state index contributed by atoms with van der Waals surface area (Å²) in [6, 6.07) is 0. The molecule has 0 aromatic carbocycles. The van der Waals surface area contributed by atoms with Gasteiger partial charge in [-0.05, 0) is 0 Å². The molecule has 0 spiro atoms. The summed E-state index contributed by atoms with van der Waals surface area (Å²) in [4.78, 5) is 0. The molecule has 0 aromatic heterocycles. The van der Waals surface area contributed by atoms with Crippen LogP contribution in [0.5, 0.6) is 0 Å².